The molecule has 28 heavy (non-hydrogen) atoms. The van der Waals surface area contributed by atoms with Crippen molar-refractivity contribution in [1.82, 2.24) is 4.90 Å². The number of carbonyl (C=O) groups is 1. The molecule has 0 atom stereocenters. The lowest BCUT2D eigenvalue weighted by atomic mass is 10.1. The molecule has 0 spiro atoms. The molecule has 1 aliphatic heterocycles. The Morgan fingerprint density at radius 2 is 1.68 bits per heavy atom. The summed E-state index contributed by atoms with van der Waals surface area (Å²) in [6.45, 7) is 1.12. The Balaban J connectivity index is 1.76. The molecule has 0 unspecified atom stereocenters. The molecule has 1 saturated heterocycles. The van der Waals surface area contributed by atoms with Gasteiger partial charge in [-0.25, -0.2) is 4.39 Å². The molecule has 2 aromatic carbocycles. The van der Waals surface area contributed by atoms with Crippen LogP contribution in [0, 0.1) is 26.0 Å². The van der Waals surface area contributed by atoms with E-state index in [9.17, 15) is 29.4 Å². The van der Waals surface area contributed by atoms with Crippen molar-refractivity contribution < 1.29 is 19.0 Å². The molecule has 1 aliphatic rings. The average Bonchev–Trinajstić information content (AvgIpc) is 2.67. The standard InChI is InChI=1S/C17H14ClFN4O5/c18-14-9-11(19)1-3-13(14)17(24)21-7-5-20(6-8-21)15-4-2-12(22(25)26)10-16(15)23(27)28/h1-4,9-10H,5-8H2. The quantitative estimate of drug-likeness (QED) is 0.567. The topological polar surface area (TPSA) is 110 Å². The Morgan fingerprint density at radius 1 is 1.00 bits per heavy atom. The molecular formula is C17H14ClFN4O5. The summed E-state index contributed by atoms with van der Waals surface area (Å²) in [7, 11) is 0. The van der Waals surface area contributed by atoms with E-state index in [0.717, 1.165) is 18.2 Å². The zero-order valence-electron chi connectivity index (χ0n) is 14.4. The molecule has 2 aromatic rings. The van der Waals surface area contributed by atoms with Crippen molar-refractivity contribution in [2.24, 2.45) is 0 Å². The van der Waals surface area contributed by atoms with Gasteiger partial charge in [0.1, 0.15) is 11.5 Å². The smallest absolute Gasteiger partial charge is 0.299 e. The first-order valence-electron chi connectivity index (χ1n) is 8.20. The summed E-state index contributed by atoms with van der Waals surface area (Å²) in [6, 6.07) is 6.99. The van der Waals surface area contributed by atoms with Gasteiger partial charge in [-0.1, -0.05) is 11.6 Å². The summed E-state index contributed by atoms with van der Waals surface area (Å²) in [6.07, 6.45) is 0. The van der Waals surface area contributed by atoms with Gasteiger partial charge in [-0.3, -0.25) is 25.0 Å². The van der Waals surface area contributed by atoms with Crippen molar-refractivity contribution in [3.05, 3.63) is 73.0 Å². The Hall–Kier alpha value is -3.27. The number of benzene rings is 2. The molecule has 0 bridgehead atoms. The van der Waals surface area contributed by atoms with Crippen LogP contribution in [0.15, 0.2) is 36.4 Å². The molecule has 146 valence electrons. The molecule has 0 aromatic heterocycles. The van der Waals surface area contributed by atoms with Gasteiger partial charge in [0.15, 0.2) is 0 Å². The highest BCUT2D eigenvalue weighted by Crippen LogP contribution is 2.32. The third-order valence-electron chi connectivity index (χ3n) is 4.44. The van der Waals surface area contributed by atoms with Crippen LogP contribution in [-0.4, -0.2) is 46.8 Å². The van der Waals surface area contributed by atoms with E-state index in [1.807, 2.05) is 0 Å². The summed E-state index contributed by atoms with van der Waals surface area (Å²) in [5.41, 5.74) is -0.300. The number of nitro benzene ring substituents is 2. The predicted molar refractivity (Wildman–Crippen MR) is 99.3 cm³/mol. The summed E-state index contributed by atoms with van der Waals surface area (Å²) in [4.78, 5) is 36.6. The van der Waals surface area contributed by atoms with Crippen molar-refractivity contribution in [3.8, 4) is 0 Å². The second kappa shape index (κ2) is 7.77. The van der Waals surface area contributed by atoms with E-state index in [2.05, 4.69) is 0 Å². The van der Waals surface area contributed by atoms with Crippen LogP contribution in [0.3, 0.4) is 0 Å². The monoisotopic (exact) mass is 408 g/mol. The number of carbonyl (C=O) groups excluding carboxylic acids is 1. The number of hydrogen-bond donors (Lipinski definition) is 0. The van der Waals surface area contributed by atoms with Crippen LogP contribution >= 0.6 is 11.6 Å². The Morgan fingerprint density at radius 3 is 2.25 bits per heavy atom. The number of piperazine rings is 1. The van der Waals surface area contributed by atoms with E-state index >= 15 is 0 Å². The van der Waals surface area contributed by atoms with Crippen molar-refractivity contribution in [2.45, 2.75) is 0 Å². The first-order chi connectivity index (χ1) is 13.3. The largest absolute Gasteiger partial charge is 0.362 e. The minimum absolute atomic E-state index is 0.0124. The molecule has 3 rings (SSSR count). The van der Waals surface area contributed by atoms with Crippen LogP contribution in [0.5, 0.6) is 0 Å². The molecule has 0 aliphatic carbocycles. The number of hydrogen-bond acceptors (Lipinski definition) is 6. The lowest BCUT2D eigenvalue weighted by Gasteiger charge is -2.35. The maximum atomic E-state index is 13.2. The number of anilines is 1. The van der Waals surface area contributed by atoms with Crippen molar-refractivity contribution >= 4 is 34.6 Å². The van der Waals surface area contributed by atoms with Crippen LogP contribution in [0.2, 0.25) is 5.02 Å². The zero-order valence-corrected chi connectivity index (χ0v) is 15.1. The lowest BCUT2D eigenvalue weighted by molar-refractivity contribution is -0.393. The van der Waals surface area contributed by atoms with Gasteiger partial charge in [0.25, 0.3) is 17.3 Å². The van der Waals surface area contributed by atoms with Crippen LogP contribution < -0.4 is 4.90 Å². The lowest BCUT2D eigenvalue weighted by Crippen LogP contribution is -2.49. The van der Waals surface area contributed by atoms with Crippen molar-refractivity contribution in [3.63, 3.8) is 0 Å². The minimum Gasteiger partial charge on any atom is -0.362 e. The third kappa shape index (κ3) is 3.86. The summed E-state index contributed by atoms with van der Waals surface area (Å²) in [5.74, 6) is -0.903. The number of halogens is 2. The third-order valence-corrected chi connectivity index (χ3v) is 4.75. The first kappa shape index (κ1) is 19.5. The van der Waals surface area contributed by atoms with Crippen LogP contribution in [-0.2, 0) is 0 Å². The fourth-order valence-electron chi connectivity index (χ4n) is 3.02. The van der Waals surface area contributed by atoms with Gasteiger partial charge in [-0.05, 0) is 24.3 Å². The highest BCUT2D eigenvalue weighted by Gasteiger charge is 2.28. The highest BCUT2D eigenvalue weighted by atomic mass is 35.5. The van der Waals surface area contributed by atoms with Crippen LogP contribution in [0.1, 0.15) is 10.4 Å². The van der Waals surface area contributed by atoms with E-state index in [-0.39, 0.29) is 46.6 Å². The molecule has 1 fully saturated rings. The maximum absolute atomic E-state index is 13.2. The van der Waals surface area contributed by atoms with E-state index < -0.39 is 15.7 Å². The van der Waals surface area contributed by atoms with Crippen LogP contribution in [0.4, 0.5) is 21.5 Å². The van der Waals surface area contributed by atoms with Gasteiger partial charge < -0.3 is 9.80 Å². The predicted octanol–water partition coefficient (Wildman–Crippen LogP) is 3.26. The van der Waals surface area contributed by atoms with Gasteiger partial charge in [-0.2, -0.15) is 0 Å². The first-order valence-corrected chi connectivity index (χ1v) is 8.58. The molecular weight excluding hydrogens is 395 g/mol. The normalized spacial score (nSPS) is 14.1. The fourth-order valence-corrected chi connectivity index (χ4v) is 3.27. The molecule has 11 heteroatoms. The summed E-state index contributed by atoms with van der Waals surface area (Å²) < 4.78 is 13.2. The SMILES string of the molecule is O=C(c1ccc(F)cc1Cl)N1CCN(c2ccc([N+](=O)[O-])cc2[N+](=O)[O-])CC1. The number of nitrogens with zero attached hydrogens (tertiary/aromatic N) is 4. The average molecular weight is 409 g/mol. The molecule has 0 saturated carbocycles. The fraction of sp³-hybridized carbons (Fsp3) is 0.235. The highest BCUT2D eigenvalue weighted by molar-refractivity contribution is 6.33. The van der Waals surface area contributed by atoms with E-state index in [0.29, 0.717) is 13.1 Å². The minimum atomic E-state index is -0.695. The summed E-state index contributed by atoms with van der Waals surface area (Å²) in [5, 5.41) is 22.2. The van der Waals surface area contributed by atoms with Crippen molar-refractivity contribution in [2.75, 3.05) is 31.1 Å². The number of rotatable bonds is 4. The summed E-state index contributed by atoms with van der Waals surface area (Å²) >= 11 is 5.94. The second-order valence-corrected chi connectivity index (χ2v) is 6.50. The van der Waals surface area contributed by atoms with Gasteiger partial charge >= 0.3 is 0 Å². The van der Waals surface area contributed by atoms with E-state index in [1.54, 1.807) is 4.90 Å². The van der Waals surface area contributed by atoms with Crippen LogP contribution in [0.25, 0.3) is 0 Å². The number of non-ortho nitro benzene ring substituents is 1. The molecule has 9 nitrogen and oxygen atoms in total. The van der Waals surface area contributed by atoms with Gasteiger partial charge in [0.05, 0.1) is 26.5 Å². The number of nitro groups is 2. The van der Waals surface area contributed by atoms with Gasteiger partial charge in [-0.15, -0.1) is 0 Å². The molecule has 1 heterocycles. The molecule has 0 N–H and O–H groups in total. The molecule has 0 radical (unpaired) electrons. The molecule has 1 amide bonds. The maximum Gasteiger partial charge on any atom is 0.299 e. The van der Waals surface area contributed by atoms with E-state index in [4.69, 9.17) is 11.6 Å². The Bertz CT molecular complexity index is 963. The Labute approximate surface area is 163 Å². The zero-order chi connectivity index (χ0) is 20.4. The van der Waals surface area contributed by atoms with Gasteiger partial charge in [0.2, 0.25) is 0 Å². The second-order valence-electron chi connectivity index (χ2n) is 6.09. The van der Waals surface area contributed by atoms with E-state index in [1.165, 1.54) is 23.1 Å². The van der Waals surface area contributed by atoms with Gasteiger partial charge in [0, 0.05) is 32.2 Å². The Kier molecular flexibility index (Phi) is 5.41. The van der Waals surface area contributed by atoms with Crippen molar-refractivity contribution in [1.29, 1.82) is 0 Å². The number of amides is 1.